The van der Waals surface area contributed by atoms with Gasteiger partial charge in [-0.25, -0.2) is 0 Å². The number of hydrogen-bond acceptors (Lipinski definition) is 2. The molecule has 0 amide bonds. The molecular formula is C8H14O2. The van der Waals surface area contributed by atoms with Crippen LogP contribution in [0, 0.1) is 5.92 Å². The summed E-state index contributed by atoms with van der Waals surface area (Å²) in [6, 6.07) is 0. The van der Waals surface area contributed by atoms with Crippen molar-refractivity contribution in [2.75, 3.05) is 0 Å². The molecule has 58 valence electrons. The highest BCUT2D eigenvalue weighted by molar-refractivity contribution is 5.20. The van der Waals surface area contributed by atoms with Gasteiger partial charge in [0.15, 0.2) is 0 Å². The van der Waals surface area contributed by atoms with Crippen molar-refractivity contribution in [3.63, 3.8) is 0 Å². The van der Waals surface area contributed by atoms with Gasteiger partial charge in [0.1, 0.15) is 0 Å². The van der Waals surface area contributed by atoms with E-state index < -0.39 is 0 Å². The van der Waals surface area contributed by atoms with Crippen LogP contribution >= 0.6 is 0 Å². The molecule has 1 aliphatic carbocycles. The molecule has 0 aromatic carbocycles. The zero-order valence-corrected chi connectivity index (χ0v) is 6.43. The predicted molar refractivity (Wildman–Crippen MR) is 37.3 cm³/mol. The van der Waals surface area contributed by atoms with Crippen molar-refractivity contribution < 1.29 is 9.59 Å². The first kappa shape index (κ1) is 9.38. The molecule has 0 aliphatic heterocycles. The van der Waals surface area contributed by atoms with Crippen LogP contribution in [-0.4, -0.2) is 6.15 Å². The minimum absolute atomic E-state index is 0.250. The maximum Gasteiger partial charge on any atom is 0.373 e. The molecule has 2 nitrogen and oxygen atoms in total. The molecule has 1 aliphatic rings. The molecule has 0 unspecified atom stereocenters. The molecule has 2 heteroatoms. The third-order valence-electron chi connectivity index (χ3n) is 1.89. The van der Waals surface area contributed by atoms with E-state index in [1.54, 1.807) is 0 Å². The van der Waals surface area contributed by atoms with E-state index in [0.29, 0.717) is 0 Å². The third-order valence-corrected chi connectivity index (χ3v) is 1.89. The second kappa shape index (κ2) is 6.50. The van der Waals surface area contributed by atoms with E-state index in [-0.39, 0.29) is 6.15 Å². The maximum atomic E-state index is 8.12. The molecule has 0 bridgehead atoms. The molecular weight excluding hydrogens is 128 g/mol. The lowest BCUT2D eigenvalue weighted by Crippen LogP contribution is -1.99. The Bertz CT molecular complexity index is 97.8. The minimum Gasteiger partial charge on any atom is -0.186 e. The van der Waals surface area contributed by atoms with Gasteiger partial charge in [-0.3, -0.25) is 0 Å². The quantitative estimate of drug-likeness (QED) is 0.518. The largest absolute Gasteiger partial charge is 0.373 e. The van der Waals surface area contributed by atoms with Gasteiger partial charge in [-0.1, -0.05) is 39.0 Å². The summed E-state index contributed by atoms with van der Waals surface area (Å²) in [5.41, 5.74) is 0. The number of carbonyl (C=O) groups excluding carboxylic acids is 2. The molecule has 1 fully saturated rings. The van der Waals surface area contributed by atoms with Crippen molar-refractivity contribution in [2.45, 2.75) is 39.0 Å². The molecule has 0 aromatic rings. The first-order valence-corrected chi connectivity index (χ1v) is 3.80. The Labute approximate surface area is 61.6 Å². The molecule has 0 aromatic heterocycles. The van der Waals surface area contributed by atoms with E-state index in [0.717, 1.165) is 5.92 Å². The fourth-order valence-electron chi connectivity index (χ4n) is 1.31. The normalized spacial score (nSPS) is 18.5. The van der Waals surface area contributed by atoms with Crippen LogP contribution in [-0.2, 0) is 9.59 Å². The van der Waals surface area contributed by atoms with Gasteiger partial charge >= 0.3 is 6.15 Å². The van der Waals surface area contributed by atoms with Crippen LogP contribution in [0.5, 0.6) is 0 Å². The van der Waals surface area contributed by atoms with Crippen molar-refractivity contribution in [1.29, 1.82) is 0 Å². The number of rotatable bonds is 0. The Balaban J connectivity index is 0.000000236. The summed E-state index contributed by atoms with van der Waals surface area (Å²) in [5.74, 6) is 1.04. The Morgan fingerprint density at radius 1 is 1.10 bits per heavy atom. The van der Waals surface area contributed by atoms with Crippen LogP contribution in [0.3, 0.4) is 0 Å². The molecule has 0 N–H and O–H groups in total. The second-order valence-electron chi connectivity index (χ2n) is 2.83. The summed E-state index contributed by atoms with van der Waals surface area (Å²) in [5, 5.41) is 0. The Kier molecular flexibility index (Phi) is 6.10. The predicted octanol–water partition coefficient (Wildman–Crippen LogP) is 2.00. The summed E-state index contributed by atoms with van der Waals surface area (Å²) < 4.78 is 0. The first-order chi connectivity index (χ1) is 4.81. The van der Waals surface area contributed by atoms with Gasteiger partial charge in [0.2, 0.25) is 0 Å². The van der Waals surface area contributed by atoms with Crippen molar-refractivity contribution >= 4 is 6.15 Å². The standard InChI is InChI=1S/C7H14.CO2/c1-7-5-3-2-4-6-7;2-1-3/h7H,2-6H2,1H3;. The second-order valence-corrected chi connectivity index (χ2v) is 2.83. The summed E-state index contributed by atoms with van der Waals surface area (Å²) >= 11 is 0. The summed E-state index contributed by atoms with van der Waals surface area (Å²) in [6.45, 7) is 2.36. The lowest BCUT2D eigenvalue weighted by atomic mass is 9.91. The highest BCUT2D eigenvalue weighted by Crippen LogP contribution is 2.21. The smallest absolute Gasteiger partial charge is 0.186 e. The van der Waals surface area contributed by atoms with E-state index in [9.17, 15) is 0 Å². The van der Waals surface area contributed by atoms with E-state index in [4.69, 9.17) is 9.59 Å². The van der Waals surface area contributed by atoms with Crippen LogP contribution < -0.4 is 0 Å². The van der Waals surface area contributed by atoms with Crippen molar-refractivity contribution in [1.82, 2.24) is 0 Å². The molecule has 10 heavy (non-hydrogen) atoms. The third kappa shape index (κ3) is 5.52. The monoisotopic (exact) mass is 142 g/mol. The average molecular weight is 142 g/mol. The van der Waals surface area contributed by atoms with Crippen LogP contribution in [0.4, 0.5) is 0 Å². The summed E-state index contributed by atoms with van der Waals surface area (Å²) in [4.78, 5) is 16.2. The maximum absolute atomic E-state index is 8.12. The van der Waals surface area contributed by atoms with Crippen molar-refractivity contribution in [3.8, 4) is 0 Å². The molecule has 0 saturated heterocycles. The minimum atomic E-state index is 0.250. The van der Waals surface area contributed by atoms with Crippen LogP contribution in [0.1, 0.15) is 39.0 Å². The van der Waals surface area contributed by atoms with Crippen LogP contribution in [0.25, 0.3) is 0 Å². The number of hydrogen-bond donors (Lipinski definition) is 0. The van der Waals surface area contributed by atoms with Crippen molar-refractivity contribution in [2.24, 2.45) is 5.92 Å². The fourth-order valence-corrected chi connectivity index (χ4v) is 1.31. The fraction of sp³-hybridized carbons (Fsp3) is 0.875. The highest BCUT2D eigenvalue weighted by atomic mass is 16.2. The molecule has 1 rings (SSSR count). The lowest BCUT2D eigenvalue weighted by molar-refractivity contribution is -0.191. The van der Waals surface area contributed by atoms with Gasteiger partial charge in [-0.2, -0.15) is 9.59 Å². The van der Waals surface area contributed by atoms with E-state index >= 15 is 0 Å². The van der Waals surface area contributed by atoms with Gasteiger partial charge in [0.25, 0.3) is 0 Å². The molecule has 0 heterocycles. The summed E-state index contributed by atoms with van der Waals surface area (Å²) in [6.07, 6.45) is 7.69. The van der Waals surface area contributed by atoms with E-state index in [2.05, 4.69) is 6.92 Å². The zero-order chi connectivity index (χ0) is 7.82. The van der Waals surface area contributed by atoms with E-state index in [1.165, 1.54) is 32.1 Å². The van der Waals surface area contributed by atoms with Crippen LogP contribution in [0.2, 0.25) is 0 Å². The van der Waals surface area contributed by atoms with Gasteiger partial charge in [0.05, 0.1) is 0 Å². The molecule has 0 atom stereocenters. The highest BCUT2D eigenvalue weighted by Gasteiger charge is 2.05. The van der Waals surface area contributed by atoms with Gasteiger partial charge in [-0.05, 0) is 5.92 Å². The molecule has 0 radical (unpaired) electrons. The Morgan fingerprint density at radius 2 is 1.50 bits per heavy atom. The van der Waals surface area contributed by atoms with E-state index in [1.807, 2.05) is 0 Å². The Hall–Kier alpha value is -0.620. The van der Waals surface area contributed by atoms with Gasteiger partial charge in [0, 0.05) is 0 Å². The Morgan fingerprint density at radius 3 is 1.70 bits per heavy atom. The summed E-state index contributed by atoms with van der Waals surface area (Å²) in [7, 11) is 0. The SMILES string of the molecule is CC1CCCCC1.O=C=O. The average Bonchev–Trinajstić information content (AvgIpc) is 1.91. The van der Waals surface area contributed by atoms with Crippen LogP contribution in [0.15, 0.2) is 0 Å². The lowest BCUT2D eigenvalue weighted by Gasteiger charge is -2.15. The zero-order valence-electron chi connectivity index (χ0n) is 6.43. The van der Waals surface area contributed by atoms with Gasteiger partial charge in [-0.15, -0.1) is 0 Å². The molecule has 0 spiro atoms. The topological polar surface area (TPSA) is 34.1 Å². The molecule has 1 saturated carbocycles. The van der Waals surface area contributed by atoms with Gasteiger partial charge < -0.3 is 0 Å². The first-order valence-electron chi connectivity index (χ1n) is 3.80. The van der Waals surface area contributed by atoms with Crippen molar-refractivity contribution in [3.05, 3.63) is 0 Å².